The van der Waals surface area contributed by atoms with Crippen LogP contribution in [0.15, 0.2) is 59.5 Å². The van der Waals surface area contributed by atoms with Gasteiger partial charge in [0.1, 0.15) is 5.82 Å². The summed E-state index contributed by atoms with van der Waals surface area (Å²) in [6.45, 7) is 3.85. The molecule has 0 amide bonds. The molecule has 0 aliphatic carbocycles. The van der Waals surface area contributed by atoms with E-state index in [0.717, 1.165) is 59.2 Å². The van der Waals surface area contributed by atoms with Crippen LogP contribution in [0.25, 0.3) is 11.4 Å². The van der Waals surface area contributed by atoms with E-state index < -0.39 is 0 Å². The van der Waals surface area contributed by atoms with Gasteiger partial charge in [-0.25, -0.2) is 15.0 Å². The number of ether oxygens (including phenoxy) is 1. The second kappa shape index (κ2) is 8.45. The van der Waals surface area contributed by atoms with Crippen molar-refractivity contribution in [2.24, 2.45) is 0 Å². The molecule has 3 aromatic rings. The third-order valence-corrected chi connectivity index (χ3v) is 4.95. The lowest BCUT2D eigenvalue weighted by Crippen LogP contribution is -2.37. The predicted octanol–water partition coefficient (Wildman–Crippen LogP) is 3.75. The highest BCUT2D eigenvalue weighted by Gasteiger charge is 2.15. The van der Waals surface area contributed by atoms with Crippen LogP contribution in [-0.4, -0.2) is 41.3 Å². The highest BCUT2D eigenvalue weighted by Crippen LogP contribution is 2.27. The summed E-state index contributed by atoms with van der Waals surface area (Å²) < 4.78 is 6.38. The molecule has 1 aromatic carbocycles. The van der Waals surface area contributed by atoms with Gasteiger partial charge in [-0.05, 0) is 22.0 Å². The molecule has 1 N–H and O–H groups in total. The second-order valence-corrected chi connectivity index (χ2v) is 7.12. The molecule has 0 atom stereocenters. The number of hydrogen-bond acceptors (Lipinski definition) is 6. The van der Waals surface area contributed by atoms with Crippen molar-refractivity contribution in [1.29, 1.82) is 0 Å². The summed E-state index contributed by atoms with van der Waals surface area (Å²) >= 11 is 3.63. The molecular weight excluding hydrogens is 406 g/mol. The number of morpholine rings is 1. The first-order chi connectivity index (χ1) is 13.3. The topological polar surface area (TPSA) is 63.2 Å². The molecule has 2 aromatic heterocycles. The number of aromatic nitrogens is 3. The number of rotatable bonds is 5. The van der Waals surface area contributed by atoms with Crippen molar-refractivity contribution in [3.63, 3.8) is 0 Å². The van der Waals surface area contributed by atoms with Gasteiger partial charge in [-0.1, -0.05) is 30.3 Å². The van der Waals surface area contributed by atoms with Crippen molar-refractivity contribution in [3.8, 4) is 11.4 Å². The van der Waals surface area contributed by atoms with E-state index >= 15 is 0 Å². The van der Waals surface area contributed by atoms with Crippen LogP contribution in [0.5, 0.6) is 0 Å². The molecule has 1 saturated heterocycles. The molecule has 6 nitrogen and oxygen atoms in total. The Morgan fingerprint density at radius 2 is 1.74 bits per heavy atom. The van der Waals surface area contributed by atoms with E-state index in [1.165, 1.54) is 0 Å². The Kier molecular flexibility index (Phi) is 5.60. The Balaban J connectivity index is 1.39. The number of halogens is 1. The fourth-order valence-corrected chi connectivity index (χ4v) is 3.52. The average molecular weight is 426 g/mol. The van der Waals surface area contributed by atoms with Crippen LogP contribution in [0.2, 0.25) is 0 Å². The lowest BCUT2D eigenvalue weighted by Gasteiger charge is -2.28. The average Bonchev–Trinajstić information content (AvgIpc) is 2.74. The normalized spacial score (nSPS) is 14.2. The van der Waals surface area contributed by atoms with Gasteiger partial charge in [0.25, 0.3) is 0 Å². The van der Waals surface area contributed by atoms with Gasteiger partial charge in [0.05, 0.1) is 29.6 Å². The molecule has 0 unspecified atom stereocenters. The fourth-order valence-electron chi connectivity index (χ4n) is 2.92. The molecule has 3 heterocycles. The minimum atomic E-state index is 0.639. The Bertz CT molecular complexity index is 883. The quantitative estimate of drug-likeness (QED) is 0.671. The van der Waals surface area contributed by atoms with Gasteiger partial charge in [0.2, 0.25) is 0 Å². The zero-order valence-corrected chi connectivity index (χ0v) is 16.4. The summed E-state index contributed by atoms with van der Waals surface area (Å²) in [5.74, 6) is 1.69. The zero-order valence-electron chi connectivity index (χ0n) is 14.8. The first-order valence-corrected chi connectivity index (χ1v) is 9.67. The van der Waals surface area contributed by atoms with Crippen molar-refractivity contribution in [2.45, 2.75) is 6.54 Å². The molecule has 0 saturated carbocycles. The maximum absolute atomic E-state index is 5.40. The largest absolute Gasteiger partial charge is 0.380 e. The van der Waals surface area contributed by atoms with Gasteiger partial charge < -0.3 is 15.0 Å². The first kappa shape index (κ1) is 17.9. The molecule has 7 heteroatoms. The molecule has 0 spiro atoms. The Morgan fingerprint density at radius 1 is 1.00 bits per heavy atom. The number of hydrogen-bond donors (Lipinski definition) is 1. The number of anilines is 2. The summed E-state index contributed by atoms with van der Waals surface area (Å²) in [7, 11) is 0. The van der Waals surface area contributed by atoms with Gasteiger partial charge in [-0.2, -0.15) is 0 Å². The van der Waals surface area contributed by atoms with Crippen molar-refractivity contribution in [2.75, 3.05) is 36.5 Å². The molecule has 0 radical (unpaired) electrons. The summed E-state index contributed by atoms with van der Waals surface area (Å²) in [6, 6.07) is 12.0. The number of nitrogens with zero attached hydrogens (tertiary/aromatic N) is 4. The van der Waals surface area contributed by atoms with Gasteiger partial charge >= 0.3 is 0 Å². The SMILES string of the molecule is Brc1cc(NCc2cnc(-c3ccccc3)nc2)cnc1N1CCOCC1. The molecule has 1 aliphatic rings. The molecular formula is C20H20BrN5O. The molecule has 27 heavy (non-hydrogen) atoms. The van der Waals surface area contributed by atoms with Gasteiger partial charge in [0, 0.05) is 43.2 Å². The van der Waals surface area contributed by atoms with Crippen LogP contribution in [-0.2, 0) is 11.3 Å². The lowest BCUT2D eigenvalue weighted by molar-refractivity contribution is 0.122. The van der Waals surface area contributed by atoms with Crippen LogP contribution in [0.1, 0.15) is 5.56 Å². The molecule has 0 bridgehead atoms. The predicted molar refractivity (Wildman–Crippen MR) is 110 cm³/mol. The smallest absolute Gasteiger partial charge is 0.159 e. The summed E-state index contributed by atoms with van der Waals surface area (Å²) in [6.07, 6.45) is 5.56. The van der Waals surface area contributed by atoms with Gasteiger partial charge in [0.15, 0.2) is 5.82 Å². The Morgan fingerprint density at radius 3 is 2.44 bits per heavy atom. The van der Waals surface area contributed by atoms with Crippen LogP contribution in [0.3, 0.4) is 0 Å². The van der Waals surface area contributed by atoms with Crippen molar-refractivity contribution in [3.05, 3.63) is 65.0 Å². The third kappa shape index (κ3) is 4.43. The van der Waals surface area contributed by atoms with Crippen LogP contribution < -0.4 is 10.2 Å². The summed E-state index contributed by atoms with van der Waals surface area (Å²) in [5, 5.41) is 3.38. The second-order valence-electron chi connectivity index (χ2n) is 6.26. The zero-order chi connectivity index (χ0) is 18.5. The van der Waals surface area contributed by atoms with Crippen LogP contribution >= 0.6 is 15.9 Å². The fraction of sp³-hybridized carbons (Fsp3) is 0.250. The third-order valence-electron chi connectivity index (χ3n) is 4.37. The molecule has 138 valence electrons. The maximum Gasteiger partial charge on any atom is 0.159 e. The van der Waals surface area contributed by atoms with E-state index in [2.05, 4.69) is 47.2 Å². The minimum absolute atomic E-state index is 0.639. The molecule has 1 aliphatic heterocycles. The maximum atomic E-state index is 5.40. The summed E-state index contributed by atoms with van der Waals surface area (Å²) in [5.41, 5.74) is 2.98. The van der Waals surface area contributed by atoms with E-state index in [1.807, 2.05) is 48.9 Å². The minimum Gasteiger partial charge on any atom is -0.380 e. The number of nitrogens with one attached hydrogen (secondary N) is 1. The number of pyridine rings is 1. The van der Waals surface area contributed by atoms with E-state index in [9.17, 15) is 0 Å². The first-order valence-electron chi connectivity index (χ1n) is 8.88. The number of benzene rings is 1. The molecule has 4 rings (SSSR count). The molecule has 1 fully saturated rings. The van der Waals surface area contributed by atoms with E-state index in [4.69, 9.17) is 4.74 Å². The highest BCUT2D eigenvalue weighted by molar-refractivity contribution is 9.10. The highest BCUT2D eigenvalue weighted by atomic mass is 79.9. The van der Waals surface area contributed by atoms with Crippen molar-refractivity contribution < 1.29 is 4.74 Å². The monoisotopic (exact) mass is 425 g/mol. The van der Waals surface area contributed by atoms with Crippen molar-refractivity contribution in [1.82, 2.24) is 15.0 Å². The van der Waals surface area contributed by atoms with E-state index in [-0.39, 0.29) is 0 Å². The Labute approximate surface area is 166 Å². The van der Waals surface area contributed by atoms with E-state index in [0.29, 0.717) is 6.54 Å². The van der Waals surface area contributed by atoms with Crippen LogP contribution in [0.4, 0.5) is 11.5 Å². The Hall–Kier alpha value is -2.51. The summed E-state index contributed by atoms with van der Waals surface area (Å²) in [4.78, 5) is 15.7. The van der Waals surface area contributed by atoms with Gasteiger partial charge in [-0.15, -0.1) is 0 Å². The lowest BCUT2D eigenvalue weighted by atomic mass is 10.2. The van der Waals surface area contributed by atoms with Crippen LogP contribution in [0, 0.1) is 0 Å². The van der Waals surface area contributed by atoms with E-state index in [1.54, 1.807) is 0 Å². The van der Waals surface area contributed by atoms with Gasteiger partial charge in [-0.3, -0.25) is 0 Å². The standard InChI is InChI=1S/C20H20BrN5O/c21-18-10-17(14-25-20(18)26-6-8-27-9-7-26)22-11-15-12-23-19(24-13-15)16-4-2-1-3-5-16/h1-5,10,12-14,22H,6-9,11H2. The van der Waals surface area contributed by atoms with Crippen molar-refractivity contribution >= 4 is 27.4 Å².